The Labute approximate surface area is 255 Å². The number of halogens is 4. The number of nitrogens with zero attached hydrogens (tertiary/aromatic N) is 2. The summed E-state index contributed by atoms with van der Waals surface area (Å²) in [5.74, 6) is -1.81. The third-order valence-electron chi connectivity index (χ3n) is 6.54. The molecule has 0 fully saturated rings. The molecule has 0 bridgehead atoms. The minimum absolute atomic E-state index is 0.0183. The molecule has 0 aliphatic heterocycles. The molecule has 0 saturated carbocycles. The van der Waals surface area contributed by atoms with Gasteiger partial charge < -0.3 is 10.2 Å². The van der Waals surface area contributed by atoms with Crippen LogP contribution in [-0.2, 0) is 26.2 Å². The van der Waals surface area contributed by atoms with Gasteiger partial charge in [-0.1, -0.05) is 72.9 Å². The third kappa shape index (κ3) is 8.13. The second-order valence-electron chi connectivity index (χ2n) is 9.42. The first-order valence-electron chi connectivity index (χ1n) is 13.0. The maximum absolute atomic E-state index is 14.1. The SMILES string of the molecule is CCC(C)NC(=O)C(CC)N(Cc1ccc(Cl)cc1Cl)C(=O)CN(c1ccc(F)c(Cl)c1)S(=O)(=O)c1ccccc1. The number of anilines is 1. The summed E-state index contributed by atoms with van der Waals surface area (Å²) in [6, 6.07) is 14.6. The van der Waals surface area contributed by atoms with E-state index in [0.717, 1.165) is 16.4 Å². The molecule has 1 N–H and O–H groups in total. The van der Waals surface area contributed by atoms with Crippen molar-refractivity contribution in [1.29, 1.82) is 0 Å². The Hall–Kier alpha value is -2.85. The summed E-state index contributed by atoms with van der Waals surface area (Å²) in [5, 5.41) is 3.27. The number of nitrogens with one attached hydrogen (secondary N) is 1. The summed E-state index contributed by atoms with van der Waals surface area (Å²) in [6.45, 7) is 4.73. The highest BCUT2D eigenvalue weighted by Gasteiger charge is 2.34. The van der Waals surface area contributed by atoms with E-state index in [4.69, 9.17) is 34.8 Å². The van der Waals surface area contributed by atoms with Gasteiger partial charge in [0.2, 0.25) is 11.8 Å². The van der Waals surface area contributed by atoms with Crippen molar-refractivity contribution in [2.75, 3.05) is 10.8 Å². The van der Waals surface area contributed by atoms with Crippen molar-refractivity contribution in [3.05, 3.63) is 93.2 Å². The van der Waals surface area contributed by atoms with E-state index in [0.29, 0.717) is 17.0 Å². The highest BCUT2D eigenvalue weighted by molar-refractivity contribution is 7.92. The minimum atomic E-state index is -4.31. The highest BCUT2D eigenvalue weighted by Crippen LogP contribution is 2.29. The number of amides is 2. The summed E-state index contributed by atoms with van der Waals surface area (Å²) < 4.78 is 42.5. The normalized spacial score (nSPS) is 12.9. The van der Waals surface area contributed by atoms with Gasteiger partial charge in [-0.25, -0.2) is 12.8 Å². The van der Waals surface area contributed by atoms with Gasteiger partial charge in [-0.2, -0.15) is 0 Å². The first-order valence-corrected chi connectivity index (χ1v) is 15.5. The fraction of sp³-hybridized carbons (Fsp3) is 0.310. The van der Waals surface area contributed by atoms with Crippen molar-refractivity contribution in [3.8, 4) is 0 Å². The molecule has 0 aromatic heterocycles. The average molecular weight is 643 g/mol. The monoisotopic (exact) mass is 641 g/mol. The quantitative estimate of drug-likeness (QED) is 0.238. The zero-order valence-corrected chi connectivity index (χ0v) is 25.9. The van der Waals surface area contributed by atoms with Gasteiger partial charge in [0.05, 0.1) is 15.6 Å². The molecule has 0 radical (unpaired) electrons. The van der Waals surface area contributed by atoms with E-state index < -0.39 is 34.3 Å². The summed E-state index contributed by atoms with van der Waals surface area (Å²) in [4.78, 5) is 28.6. The largest absolute Gasteiger partial charge is 0.352 e. The number of hydrogen-bond acceptors (Lipinski definition) is 4. The molecule has 2 atom stereocenters. The van der Waals surface area contributed by atoms with Crippen molar-refractivity contribution in [2.45, 2.75) is 57.1 Å². The van der Waals surface area contributed by atoms with Gasteiger partial charge in [-0.05, 0) is 67.8 Å². The van der Waals surface area contributed by atoms with E-state index in [9.17, 15) is 22.4 Å². The lowest BCUT2D eigenvalue weighted by Crippen LogP contribution is -2.53. The van der Waals surface area contributed by atoms with Crippen LogP contribution >= 0.6 is 34.8 Å². The fourth-order valence-corrected chi connectivity index (χ4v) is 6.15. The fourth-order valence-electron chi connectivity index (χ4n) is 4.08. The molecule has 0 aliphatic rings. The molecule has 12 heteroatoms. The molecular formula is C29H31Cl3FN3O4S. The number of rotatable bonds is 12. The van der Waals surface area contributed by atoms with Crippen LogP contribution in [0.2, 0.25) is 15.1 Å². The molecule has 3 rings (SSSR count). The Morgan fingerprint density at radius 2 is 1.61 bits per heavy atom. The Balaban J connectivity index is 2.10. The van der Waals surface area contributed by atoms with Crippen molar-refractivity contribution < 1.29 is 22.4 Å². The molecule has 220 valence electrons. The standard InChI is InChI=1S/C29H31Cl3FN3O4S/c1-4-19(3)34-29(38)27(5-2)35(17-20-11-12-21(30)15-24(20)31)28(37)18-36(22-13-14-26(33)25(32)16-22)41(39,40)23-9-7-6-8-10-23/h6-16,19,27H,4-5,17-18H2,1-3H3,(H,34,38). The maximum Gasteiger partial charge on any atom is 0.264 e. The Bertz CT molecular complexity index is 1490. The van der Waals surface area contributed by atoms with Crippen LogP contribution in [0.3, 0.4) is 0 Å². The van der Waals surface area contributed by atoms with Crippen LogP contribution in [0.15, 0.2) is 71.6 Å². The van der Waals surface area contributed by atoms with Gasteiger partial charge >= 0.3 is 0 Å². The smallest absolute Gasteiger partial charge is 0.264 e. The van der Waals surface area contributed by atoms with Crippen LogP contribution in [0, 0.1) is 5.82 Å². The van der Waals surface area contributed by atoms with Crippen LogP contribution in [0.25, 0.3) is 0 Å². The first-order chi connectivity index (χ1) is 19.4. The topological polar surface area (TPSA) is 86.8 Å². The molecule has 0 spiro atoms. The zero-order chi connectivity index (χ0) is 30.3. The predicted molar refractivity (Wildman–Crippen MR) is 161 cm³/mol. The molecule has 2 unspecified atom stereocenters. The lowest BCUT2D eigenvalue weighted by molar-refractivity contribution is -0.140. The number of carbonyl (C=O) groups is 2. The van der Waals surface area contributed by atoms with Gasteiger partial charge in [0, 0.05) is 22.6 Å². The van der Waals surface area contributed by atoms with Crippen LogP contribution in [0.5, 0.6) is 0 Å². The van der Waals surface area contributed by atoms with Crippen molar-refractivity contribution in [1.82, 2.24) is 10.2 Å². The van der Waals surface area contributed by atoms with Crippen LogP contribution in [-0.4, -0.2) is 43.8 Å². The van der Waals surface area contributed by atoms with Crippen LogP contribution < -0.4 is 9.62 Å². The Morgan fingerprint density at radius 3 is 2.20 bits per heavy atom. The summed E-state index contributed by atoms with van der Waals surface area (Å²) in [7, 11) is -4.31. The molecule has 0 saturated heterocycles. The second-order valence-corrected chi connectivity index (χ2v) is 12.5. The van der Waals surface area contributed by atoms with E-state index in [-0.39, 0.29) is 45.5 Å². The van der Waals surface area contributed by atoms with E-state index in [2.05, 4.69) is 5.32 Å². The number of carbonyl (C=O) groups excluding carboxylic acids is 2. The second kappa shape index (κ2) is 14.4. The molecule has 0 aliphatic carbocycles. The molecular weight excluding hydrogens is 612 g/mol. The molecule has 3 aromatic rings. The van der Waals surface area contributed by atoms with Crippen LogP contribution in [0.1, 0.15) is 39.2 Å². The summed E-state index contributed by atoms with van der Waals surface area (Å²) >= 11 is 18.5. The third-order valence-corrected chi connectivity index (χ3v) is 9.21. The van der Waals surface area contributed by atoms with Gasteiger partial charge in [0.15, 0.2) is 0 Å². The van der Waals surface area contributed by atoms with E-state index in [1.54, 1.807) is 37.3 Å². The summed E-state index contributed by atoms with van der Waals surface area (Å²) in [6.07, 6.45) is 0.917. The molecule has 2 amide bonds. The Morgan fingerprint density at radius 1 is 0.927 bits per heavy atom. The zero-order valence-electron chi connectivity index (χ0n) is 22.8. The van der Waals surface area contributed by atoms with Gasteiger partial charge in [-0.3, -0.25) is 13.9 Å². The average Bonchev–Trinajstić information content (AvgIpc) is 2.94. The predicted octanol–water partition coefficient (Wildman–Crippen LogP) is 6.70. The minimum Gasteiger partial charge on any atom is -0.352 e. The van der Waals surface area contributed by atoms with Gasteiger partial charge in [0.25, 0.3) is 10.0 Å². The van der Waals surface area contributed by atoms with E-state index in [1.807, 2.05) is 13.8 Å². The number of hydrogen-bond donors (Lipinski definition) is 1. The number of benzene rings is 3. The maximum atomic E-state index is 14.1. The van der Waals surface area contributed by atoms with E-state index in [1.165, 1.54) is 29.2 Å². The lowest BCUT2D eigenvalue weighted by Gasteiger charge is -2.34. The van der Waals surface area contributed by atoms with E-state index >= 15 is 0 Å². The van der Waals surface area contributed by atoms with Crippen molar-refractivity contribution in [3.63, 3.8) is 0 Å². The van der Waals surface area contributed by atoms with Gasteiger partial charge in [0.1, 0.15) is 18.4 Å². The molecule has 41 heavy (non-hydrogen) atoms. The molecule has 7 nitrogen and oxygen atoms in total. The first kappa shape index (κ1) is 32.7. The molecule has 0 heterocycles. The Kier molecular flexibility index (Phi) is 11.4. The summed E-state index contributed by atoms with van der Waals surface area (Å²) in [5.41, 5.74) is 0.497. The lowest BCUT2D eigenvalue weighted by atomic mass is 10.1. The highest BCUT2D eigenvalue weighted by atomic mass is 35.5. The van der Waals surface area contributed by atoms with Crippen molar-refractivity contribution in [2.24, 2.45) is 0 Å². The molecule has 3 aromatic carbocycles. The van der Waals surface area contributed by atoms with Gasteiger partial charge in [-0.15, -0.1) is 0 Å². The van der Waals surface area contributed by atoms with Crippen LogP contribution in [0.4, 0.5) is 10.1 Å². The van der Waals surface area contributed by atoms with Crippen molar-refractivity contribution >= 4 is 62.3 Å². The number of sulfonamides is 1.